The van der Waals surface area contributed by atoms with E-state index in [0.29, 0.717) is 6.54 Å². The zero-order chi connectivity index (χ0) is 25.2. The molecule has 188 valence electrons. The van der Waals surface area contributed by atoms with E-state index in [9.17, 15) is 18.4 Å². The van der Waals surface area contributed by atoms with Crippen molar-refractivity contribution in [1.82, 2.24) is 19.8 Å². The minimum absolute atomic E-state index is 0.0846. The average Bonchev–Trinajstić information content (AvgIpc) is 2.86. The SMILES string of the molecule is C#CCNC(=O)CCNC(=O)CN(CC1CCN(C(C)c2cccc3ccccc23)CC1)S(=O)[O-]. The molecular formula is C26H33N4O4S-. The zero-order valence-corrected chi connectivity index (χ0v) is 20.9. The molecule has 2 aromatic rings. The van der Waals surface area contributed by atoms with E-state index in [1.54, 1.807) is 0 Å². The van der Waals surface area contributed by atoms with E-state index in [0.717, 1.165) is 25.9 Å². The number of terminal acetylenes is 1. The number of rotatable bonds is 11. The quantitative estimate of drug-likeness (QED) is 0.365. The average molecular weight is 498 g/mol. The van der Waals surface area contributed by atoms with Crippen molar-refractivity contribution >= 4 is 33.9 Å². The molecule has 1 saturated heterocycles. The van der Waals surface area contributed by atoms with E-state index < -0.39 is 17.2 Å². The van der Waals surface area contributed by atoms with Crippen molar-refractivity contribution < 1.29 is 18.4 Å². The van der Waals surface area contributed by atoms with Gasteiger partial charge in [-0.2, -0.15) is 0 Å². The Morgan fingerprint density at radius 1 is 1.17 bits per heavy atom. The number of nitrogens with one attached hydrogen (secondary N) is 2. The Labute approximate surface area is 209 Å². The molecule has 0 aromatic heterocycles. The molecule has 1 fully saturated rings. The lowest BCUT2D eigenvalue weighted by Crippen LogP contribution is -2.44. The molecule has 0 saturated carbocycles. The fourth-order valence-electron chi connectivity index (χ4n) is 4.57. The molecule has 2 N–H and O–H groups in total. The Bertz CT molecular complexity index is 1070. The van der Waals surface area contributed by atoms with Crippen LogP contribution in [0, 0.1) is 18.3 Å². The molecule has 0 spiro atoms. The van der Waals surface area contributed by atoms with Crippen molar-refractivity contribution in [3.63, 3.8) is 0 Å². The monoisotopic (exact) mass is 497 g/mol. The topological polar surface area (TPSA) is 105 Å². The third kappa shape index (κ3) is 7.87. The number of amides is 2. The van der Waals surface area contributed by atoms with Gasteiger partial charge < -0.3 is 15.2 Å². The summed E-state index contributed by atoms with van der Waals surface area (Å²) in [6.07, 6.45) is 6.89. The van der Waals surface area contributed by atoms with Gasteiger partial charge in [-0.25, -0.2) is 4.31 Å². The molecule has 35 heavy (non-hydrogen) atoms. The summed E-state index contributed by atoms with van der Waals surface area (Å²) in [5.41, 5.74) is 1.30. The lowest BCUT2D eigenvalue weighted by Gasteiger charge is -2.38. The highest BCUT2D eigenvalue weighted by Gasteiger charge is 2.26. The molecule has 2 unspecified atom stereocenters. The summed E-state index contributed by atoms with van der Waals surface area (Å²) >= 11 is -2.50. The number of hydrogen-bond donors (Lipinski definition) is 2. The standard InChI is InChI=1S/C26H34N4O4S/c1-3-14-27-25(31)11-15-28-26(32)19-30(35(33)34)18-21-12-16-29(17-13-21)20(2)23-10-6-8-22-7-4-5-9-24(22)23/h1,4-10,20-21H,11-19H2,2H3,(H,27,31)(H,28,32)(H,33,34)/p-1. The third-order valence-corrected chi connectivity index (χ3v) is 7.22. The molecule has 0 bridgehead atoms. The van der Waals surface area contributed by atoms with Crippen LogP contribution in [0.15, 0.2) is 42.5 Å². The summed E-state index contributed by atoms with van der Waals surface area (Å²) in [5, 5.41) is 7.59. The number of piperidine rings is 1. The molecule has 2 aromatic carbocycles. The number of benzene rings is 2. The second-order valence-corrected chi connectivity index (χ2v) is 9.79. The lowest BCUT2D eigenvalue weighted by atomic mass is 9.93. The smallest absolute Gasteiger partial charge is 0.235 e. The van der Waals surface area contributed by atoms with Gasteiger partial charge in [0.25, 0.3) is 0 Å². The van der Waals surface area contributed by atoms with Crippen LogP contribution in [0.3, 0.4) is 0 Å². The van der Waals surface area contributed by atoms with E-state index in [4.69, 9.17) is 6.42 Å². The maximum absolute atomic E-state index is 12.2. The molecule has 1 aliphatic heterocycles. The highest BCUT2D eigenvalue weighted by Crippen LogP contribution is 2.31. The summed E-state index contributed by atoms with van der Waals surface area (Å²) in [6, 6.07) is 15.0. The van der Waals surface area contributed by atoms with Gasteiger partial charge >= 0.3 is 0 Å². The van der Waals surface area contributed by atoms with Crippen molar-refractivity contribution in [1.29, 1.82) is 0 Å². The van der Waals surface area contributed by atoms with E-state index in [1.165, 1.54) is 20.6 Å². The molecule has 0 radical (unpaired) electrons. The second-order valence-electron chi connectivity index (χ2n) is 8.84. The minimum atomic E-state index is -2.50. The first-order chi connectivity index (χ1) is 16.9. The lowest BCUT2D eigenvalue weighted by molar-refractivity contribution is -0.122. The Morgan fingerprint density at radius 3 is 2.60 bits per heavy atom. The third-order valence-electron chi connectivity index (χ3n) is 6.52. The van der Waals surface area contributed by atoms with Gasteiger partial charge in [-0.15, -0.1) is 6.42 Å². The van der Waals surface area contributed by atoms with Crippen molar-refractivity contribution in [2.24, 2.45) is 5.92 Å². The maximum Gasteiger partial charge on any atom is 0.235 e. The zero-order valence-electron chi connectivity index (χ0n) is 20.1. The van der Waals surface area contributed by atoms with Crippen LogP contribution in [0.5, 0.6) is 0 Å². The predicted molar refractivity (Wildman–Crippen MR) is 137 cm³/mol. The second kappa shape index (κ2) is 13.4. The fraction of sp³-hybridized carbons (Fsp3) is 0.462. The first kappa shape index (κ1) is 26.8. The van der Waals surface area contributed by atoms with Crippen LogP contribution in [0.4, 0.5) is 0 Å². The Hall–Kier alpha value is -2.77. The van der Waals surface area contributed by atoms with Crippen molar-refractivity contribution in [2.45, 2.75) is 32.2 Å². The normalized spacial score (nSPS) is 16.5. The van der Waals surface area contributed by atoms with Crippen LogP contribution in [-0.2, 0) is 20.9 Å². The highest BCUT2D eigenvalue weighted by atomic mass is 32.2. The number of nitrogens with zero attached hydrogens (tertiary/aromatic N) is 2. The number of carbonyl (C=O) groups is 2. The van der Waals surface area contributed by atoms with Gasteiger partial charge in [0.05, 0.1) is 13.1 Å². The van der Waals surface area contributed by atoms with Crippen LogP contribution in [-0.4, -0.2) is 69.0 Å². The summed E-state index contributed by atoms with van der Waals surface area (Å²) < 4.78 is 24.7. The molecule has 1 heterocycles. The largest absolute Gasteiger partial charge is 0.760 e. The van der Waals surface area contributed by atoms with E-state index in [1.807, 2.05) is 6.07 Å². The van der Waals surface area contributed by atoms with E-state index in [-0.39, 0.29) is 43.9 Å². The molecule has 3 rings (SSSR count). The predicted octanol–water partition coefficient (Wildman–Crippen LogP) is 1.96. The molecule has 0 aliphatic carbocycles. The summed E-state index contributed by atoms with van der Waals surface area (Å²) in [4.78, 5) is 26.2. The summed E-state index contributed by atoms with van der Waals surface area (Å²) in [5.74, 6) is 1.79. The van der Waals surface area contributed by atoms with Crippen molar-refractivity contribution in [2.75, 3.05) is 39.3 Å². The Morgan fingerprint density at radius 2 is 1.89 bits per heavy atom. The van der Waals surface area contributed by atoms with Crippen LogP contribution < -0.4 is 10.6 Å². The van der Waals surface area contributed by atoms with Gasteiger partial charge in [-0.3, -0.25) is 18.7 Å². The first-order valence-corrected chi connectivity index (χ1v) is 12.9. The number of carbonyl (C=O) groups excluding carboxylic acids is 2. The number of fused-ring (bicyclic) bond motifs is 1. The van der Waals surface area contributed by atoms with E-state index >= 15 is 0 Å². The van der Waals surface area contributed by atoms with Crippen LogP contribution >= 0.6 is 0 Å². The van der Waals surface area contributed by atoms with Gasteiger partial charge in [-0.05, 0) is 55.1 Å². The van der Waals surface area contributed by atoms with Gasteiger partial charge in [0.1, 0.15) is 0 Å². The van der Waals surface area contributed by atoms with Crippen molar-refractivity contribution in [3.05, 3.63) is 48.0 Å². The molecule has 9 heteroatoms. The molecule has 2 amide bonds. The van der Waals surface area contributed by atoms with Crippen LogP contribution in [0.2, 0.25) is 0 Å². The van der Waals surface area contributed by atoms with Crippen LogP contribution in [0.1, 0.15) is 37.8 Å². The summed E-state index contributed by atoms with van der Waals surface area (Å²) in [7, 11) is 0. The molecular weight excluding hydrogens is 464 g/mol. The van der Waals surface area contributed by atoms with E-state index in [2.05, 4.69) is 64.8 Å². The number of hydrogen-bond acceptors (Lipinski definition) is 5. The van der Waals surface area contributed by atoms with Gasteiger partial charge in [0, 0.05) is 36.8 Å². The first-order valence-electron chi connectivity index (χ1n) is 11.9. The Balaban J connectivity index is 1.47. The fourth-order valence-corrected chi connectivity index (χ4v) is 5.13. The molecule has 1 aliphatic rings. The highest BCUT2D eigenvalue weighted by molar-refractivity contribution is 7.76. The number of likely N-dealkylation sites (tertiary alicyclic amines) is 1. The molecule has 2 atom stereocenters. The maximum atomic E-state index is 12.2. The van der Waals surface area contributed by atoms with Gasteiger partial charge in [-0.1, -0.05) is 48.4 Å². The van der Waals surface area contributed by atoms with Gasteiger partial charge in [0.2, 0.25) is 11.8 Å². The Kier molecular flexibility index (Phi) is 10.2. The summed E-state index contributed by atoms with van der Waals surface area (Å²) in [6.45, 7) is 4.27. The van der Waals surface area contributed by atoms with Crippen molar-refractivity contribution in [3.8, 4) is 12.3 Å². The van der Waals surface area contributed by atoms with Gasteiger partial charge in [0.15, 0.2) is 0 Å². The minimum Gasteiger partial charge on any atom is -0.760 e. The molecule has 8 nitrogen and oxygen atoms in total. The van der Waals surface area contributed by atoms with Crippen LogP contribution in [0.25, 0.3) is 10.8 Å².